The number of fused-ring (bicyclic) bond motifs is 1. The molecule has 3 aromatic rings. The van der Waals surface area contributed by atoms with Gasteiger partial charge in [-0.15, -0.1) is 0 Å². The van der Waals surface area contributed by atoms with Crippen LogP contribution in [0.2, 0.25) is 0 Å². The zero-order valence-corrected chi connectivity index (χ0v) is 14.8. The summed E-state index contributed by atoms with van der Waals surface area (Å²) in [5.74, 6) is 1.71. The molecule has 1 aliphatic rings. The van der Waals surface area contributed by atoms with E-state index < -0.39 is 0 Å². The van der Waals surface area contributed by atoms with Gasteiger partial charge < -0.3 is 4.90 Å². The molecule has 0 spiro atoms. The number of nitrogens with zero attached hydrogens (tertiary/aromatic N) is 7. The lowest BCUT2D eigenvalue weighted by Gasteiger charge is -2.24. The standard InChI is InChI=1S/C19H21N7/c1-15-11-18(26-19(23-15)21-14-22-26)25-8-2-7-24(9-10-25)13-17-5-3-16(12-20)4-6-17/h3-6,11,14H,2,7-10,13H2,1H3. The zero-order valence-electron chi connectivity index (χ0n) is 14.8. The average molecular weight is 347 g/mol. The Balaban J connectivity index is 1.47. The van der Waals surface area contributed by atoms with Crippen LogP contribution in [0.1, 0.15) is 23.2 Å². The van der Waals surface area contributed by atoms with Gasteiger partial charge in [0.05, 0.1) is 11.6 Å². The van der Waals surface area contributed by atoms with Crippen LogP contribution < -0.4 is 4.90 Å². The Morgan fingerprint density at radius 1 is 1.12 bits per heavy atom. The number of aryl methyl sites for hydroxylation is 1. The van der Waals surface area contributed by atoms with Crippen LogP contribution in [0.5, 0.6) is 0 Å². The highest BCUT2D eigenvalue weighted by atomic mass is 15.4. The first kappa shape index (κ1) is 16.5. The minimum Gasteiger partial charge on any atom is -0.355 e. The molecule has 0 radical (unpaired) electrons. The quantitative estimate of drug-likeness (QED) is 0.722. The molecule has 1 saturated heterocycles. The fraction of sp³-hybridized carbons (Fsp3) is 0.368. The molecule has 7 heteroatoms. The van der Waals surface area contributed by atoms with E-state index >= 15 is 0 Å². The molecule has 0 saturated carbocycles. The summed E-state index contributed by atoms with van der Waals surface area (Å²) in [6, 6.07) is 12.1. The summed E-state index contributed by atoms with van der Waals surface area (Å²) in [6.07, 6.45) is 2.65. The lowest BCUT2D eigenvalue weighted by Crippen LogP contribution is -2.31. The second kappa shape index (κ2) is 7.10. The minimum atomic E-state index is 0.652. The average Bonchev–Trinajstić information content (AvgIpc) is 3.00. The highest BCUT2D eigenvalue weighted by molar-refractivity contribution is 5.47. The summed E-state index contributed by atoms with van der Waals surface area (Å²) < 4.78 is 1.82. The van der Waals surface area contributed by atoms with Crippen LogP contribution in [-0.4, -0.2) is 50.7 Å². The van der Waals surface area contributed by atoms with E-state index in [0.717, 1.165) is 50.7 Å². The summed E-state index contributed by atoms with van der Waals surface area (Å²) in [5, 5.41) is 13.3. The van der Waals surface area contributed by atoms with Gasteiger partial charge in [0.1, 0.15) is 12.1 Å². The molecule has 0 N–H and O–H groups in total. The second-order valence-corrected chi connectivity index (χ2v) is 6.65. The van der Waals surface area contributed by atoms with Crippen LogP contribution in [-0.2, 0) is 6.54 Å². The third-order valence-corrected chi connectivity index (χ3v) is 4.76. The molecule has 0 bridgehead atoms. The van der Waals surface area contributed by atoms with Crippen LogP contribution in [0.4, 0.5) is 5.82 Å². The fourth-order valence-corrected chi connectivity index (χ4v) is 3.44. The lowest BCUT2D eigenvalue weighted by atomic mass is 10.1. The van der Waals surface area contributed by atoms with Gasteiger partial charge in [-0.05, 0) is 31.0 Å². The molecule has 1 aromatic carbocycles. The predicted octanol–water partition coefficient (Wildman–Crippen LogP) is 2.02. The Hall–Kier alpha value is -2.98. The zero-order chi connectivity index (χ0) is 17.9. The van der Waals surface area contributed by atoms with Gasteiger partial charge in [0, 0.05) is 44.5 Å². The highest BCUT2D eigenvalue weighted by Crippen LogP contribution is 2.19. The molecule has 132 valence electrons. The van der Waals surface area contributed by atoms with E-state index in [0.29, 0.717) is 11.3 Å². The van der Waals surface area contributed by atoms with Crippen molar-refractivity contribution in [1.29, 1.82) is 5.26 Å². The molecule has 0 atom stereocenters. The molecule has 0 unspecified atom stereocenters. The lowest BCUT2D eigenvalue weighted by molar-refractivity contribution is 0.285. The molecule has 7 nitrogen and oxygen atoms in total. The van der Waals surface area contributed by atoms with Gasteiger partial charge in [0.15, 0.2) is 0 Å². The molecule has 3 heterocycles. The molecule has 1 fully saturated rings. The van der Waals surface area contributed by atoms with Crippen molar-refractivity contribution in [3.8, 4) is 6.07 Å². The monoisotopic (exact) mass is 347 g/mol. The fourth-order valence-electron chi connectivity index (χ4n) is 3.44. The summed E-state index contributed by atoms with van der Waals surface area (Å²) in [5.41, 5.74) is 2.91. The van der Waals surface area contributed by atoms with Gasteiger partial charge in [0.25, 0.3) is 5.78 Å². The molecular formula is C19H21N7. The molecule has 0 amide bonds. The summed E-state index contributed by atoms with van der Waals surface area (Å²) in [6.45, 7) is 6.87. The van der Waals surface area contributed by atoms with E-state index in [2.05, 4.69) is 37.0 Å². The SMILES string of the molecule is Cc1cc(N2CCCN(Cc3ccc(C#N)cc3)CC2)n2ncnc2n1. The largest absolute Gasteiger partial charge is 0.355 e. The Morgan fingerprint density at radius 2 is 1.96 bits per heavy atom. The van der Waals surface area contributed by atoms with Gasteiger partial charge in [-0.25, -0.2) is 4.98 Å². The molecule has 1 aliphatic heterocycles. The number of anilines is 1. The Kier molecular flexibility index (Phi) is 4.50. The number of hydrogen-bond acceptors (Lipinski definition) is 6. The van der Waals surface area contributed by atoms with Crippen molar-refractivity contribution in [2.75, 3.05) is 31.1 Å². The van der Waals surface area contributed by atoms with Crippen molar-refractivity contribution in [2.45, 2.75) is 19.9 Å². The molecule has 26 heavy (non-hydrogen) atoms. The number of benzene rings is 1. The topological polar surface area (TPSA) is 73.3 Å². The van der Waals surface area contributed by atoms with E-state index in [-0.39, 0.29) is 0 Å². The normalized spacial score (nSPS) is 15.8. The van der Waals surface area contributed by atoms with Crippen LogP contribution in [0.3, 0.4) is 0 Å². The Bertz CT molecular complexity index is 939. The maximum Gasteiger partial charge on any atom is 0.254 e. The van der Waals surface area contributed by atoms with Crippen LogP contribution in [0.25, 0.3) is 5.78 Å². The highest BCUT2D eigenvalue weighted by Gasteiger charge is 2.18. The maximum absolute atomic E-state index is 8.92. The number of nitriles is 1. The third-order valence-electron chi connectivity index (χ3n) is 4.76. The Labute approximate surface area is 152 Å². The van der Waals surface area contributed by atoms with Crippen molar-refractivity contribution < 1.29 is 0 Å². The van der Waals surface area contributed by atoms with E-state index in [1.54, 1.807) is 6.33 Å². The molecule has 2 aromatic heterocycles. The summed E-state index contributed by atoms with van der Waals surface area (Å²) >= 11 is 0. The summed E-state index contributed by atoms with van der Waals surface area (Å²) in [4.78, 5) is 13.5. The predicted molar refractivity (Wildman–Crippen MR) is 98.8 cm³/mol. The molecule has 4 rings (SSSR count). The van der Waals surface area contributed by atoms with Crippen molar-refractivity contribution in [2.24, 2.45) is 0 Å². The third kappa shape index (κ3) is 3.37. The van der Waals surface area contributed by atoms with Gasteiger partial charge in [-0.2, -0.15) is 19.9 Å². The van der Waals surface area contributed by atoms with Gasteiger partial charge in [-0.3, -0.25) is 4.90 Å². The first-order valence-corrected chi connectivity index (χ1v) is 8.87. The van der Waals surface area contributed by atoms with Crippen LogP contribution in [0.15, 0.2) is 36.7 Å². The minimum absolute atomic E-state index is 0.652. The van der Waals surface area contributed by atoms with E-state index in [4.69, 9.17) is 5.26 Å². The van der Waals surface area contributed by atoms with Gasteiger partial charge >= 0.3 is 0 Å². The summed E-state index contributed by atoms with van der Waals surface area (Å²) in [7, 11) is 0. The Morgan fingerprint density at radius 3 is 2.77 bits per heavy atom. The smallest absolute Gasteiger partial charge is 0.254 e. The van der Waals surface area contributed by atoms with E-state index in [1.165, 1.54) is 5.56 Å². The van der Waals surface area contributed by atoms with Crippen molar-refractivity contribution >= 4 is 11.6 Å². The van der Waals surface area contributed by atoms with E-state index in [9.17, 15) is 0 Å². The number of aromatic nitrogens is 4. The van der Waals surface area contributed by atoms with Crippen molar-refractivity contribution in [1.82, 2.24) is 24.5 Å². The van der Waals surface area contributed by atoms with Crippen LogP contribution >= 0.6 is 0 Å². The molecular weight excluding hydrogens is 326 g/mol. The van der Waals surface area contributed by atoms with Crippen LogP contribution in [0, 0.1) is 18.3 Å². The maximum atomic E-state index is 8.92. The number of rotatable bonds is 3. The van der Waals surface area contributed by atoms with Crippen molar-refractivity contribution in [3.05, 3.63) is 53.5 Å². The second-order valence-electron chi connectivity index (χ2n) is 6.65. The first-order valence-electron chi connectivity index (χ1n) is 8.87. The number of hydrogen-bond donors (Lipinski definition) is 0. The van der Waals surface area contributed by atoms with Gasteiger partial charge in [-0.1, -0.05) is 12.1 Å². The molecule has 0 aliphatic carbocycles. The van der Waals surface area contributed by atoms with Crippen molar-refractivity contribution in [3.63, 3.8) is 0 Å². The van der Waals surface area contributed by atoms with Gasteiger partial charge in [0.2, 0.25) is 0 Å². The first-order chi connectivity index (χ1) is 12.7. The van der Waals surface area contributed by atoms with E-state index in [1.807, 2.05) is 35.7 Å².